The summed E-state index contributed by atoms with van der Waals surface area (Å²) in [6.45, 7) is 2.38. The number of rotatable bonds is 33. The van der Waals surface area contributed by atoms with Crippen molar-refractivity contribution in [3.63, 3.8) is 0 Å². The van der Waals surface area contributed by atoms with Gasteiger partial charge in [0.25, 0.3) is 0 Å². The van der Waals surface area contributed by atoms with Crippen molar-refractivity contribution in [2.24, 2.45) is 0 Å². The van der Waals surface area contributed by atoms with Crippen LogP contribution < -0.4 is 5.32 Å². The Morgan fingerprint density at radius 3 is 1.81 bits per heavy atom. The first-order valence-corrected chi connectivity index (χ1v) is 19.5. The fourth-order valence-electron chi connectivity index (χ4n) is 4.62. The summed E-state index contributed by atoms with van der Waals surface area (Å²) in [7, 11) is -4.74. The molecule has 11 nitrogen and oxygen atoms in total. The van der Waals surface area contributed by atoms with E-state index in [1.165, 1.54) is 19.3 Å². The SMILES string of the molecule is CC/C=C\C/C=C\C/C=C\CCCCCCCCCC(=O)NC(COP(=O)(O)OCC(O)COC(=O)CCCCCCCCC)C(=O)O. The molecule has 0 aromatic carbocycles. The fourth-order valence-corrected chi connectivity index (χ4v) is 5.39. The number of aliphatic hydroxyl groups excluding tert-OH is 1. The van der Waals surface area contributed by atoms with Gasteiger partial charge in [-0.05, 0) is 44.9 Å². The molecule has 0 bridgehead atoms. The molecular formula is C36H64NO10P. The van der Waals surface area contributed by atoms with E-state index in [1.54, 1.807) is 0 Å². The molecule has 0 saturated heterocycles. The number of nitrogens with one attached hydrogen (secondary N) is 1. The molecule has 0 spiro atoms. The highest BCUT2D eigenvalue weighted by molar-refractivity contribution is 7.47. The number of ether oxygens (including phenoxy) is 1. The number of aliphatic hydroxyl groups is 1. The Bertz CT molecular complexity index is 968. The molecule has 0 aliphatic carbocycles. The van der Waals surface area contributed by atoms with E-state index >= 15 is 0 Å². The van der Waals surface area contributed by atoms with Gasteiger partial charge in [0, 0.05) is 12.8 Å². The summed E-state index contributed by atoms with van der Waals surface area (Å²) in [5.74, 6) is -2.40. The zero-order chi connectivity index (χ0) is 35.7. The van der Waals surface area contributed by atoms with Crippen LogP contribution in [0.25, 0.3) is 0 Å². The molecule has 0 aromatic heterocycles. The molecule has 1 amide bonds. The first kappa shape index (κ1) is 45.7. The third-order valence-electron chi connectivity index (χ3n) is 7.44. The first-order valence-electron chi connectivity index (χ1n) is 18.0. The second kappa shape index (κ2) is 31.9. The number of carboxylic acid groups (broad SMARTS) is 1. The molecule has 0 radical (unpaired) electrons. The zero-order valence-electron chi connectivity index (χ0n) is 29.5. The number of allylic oxidation sites excluding steroid dienone is 6. The van der Waals surface area contributed by atoms with E-state index in [2.05, 4.69) is 55.6 Å². The minimum Gasteiger partial charge on any atom is -0.480 e. The van der Waals surface area contributed by atoms with Crippen LogP contribution in [0.15, 0.2) is 36.5 Å². The molecule has 12 heteroatoms. The van der Waals surface area contributed by atoms with Crippen LogP contribution in [0.4, 0.5) is 0 Å². The first-order chi connectivity index (χ1) is 23.1. The Labute approximate surface area is 289 Å². The minimum absolute atomic E-state index is 0.134. The second-order valence-electron chi connectivity index (χ2n) is 12.0. The topological polar surface area (TPSA) is 169 Å². The molecule has 48 heavy (non-hydrogen) atoms. The van der Waals surface area contributed by atoms with Crippen LogP contribution in [0.3, 0.4) is 0 Å². The summed E-state index contributed by atoms with van der Waals surface area (Å²) in [6, 6.07) is -1.55. The Morgan fingerprint density at radius 1 is 0.688 bits per heavy atom. The number of amides is 1. The number of esters is 1. The van der Waals surface area contributed by atoms with Gasteiger partial charge in [0.2, 0.25) is 5.91 Å². The number of carbonyl (C=O) groups is 3. The lowest BCUT2D eigenvalue weighted by Crippen LogP contribution is -2.43. The number of aliphatic carboxylic acids is 1. The summed E-state index contributed by atoms with van der Waals surface area (Å²) in [4.78, 5) is 45.5. The van der Waals surface area contributed by atoms with Crippen molar-refractivity contribution >= 4 is 25.7 Å². The number of carboxylic acids is 1. The summed E-state index contributed by atoms with van der Waals surface area (Å²) in [6.07, 6.45) is 30.6. The molecule has 0 saturated carbocycles. The van der Waals surface area contributed by atoms with Crippen molar-refractivity contribution in [3.05, 3.63) is 36.5 Å². The number of hydrogen-bond donors (Lipinski definition) is 4. The maximum absolute atomic E-state index is 12.2. The van der Waals surface area contributed by atoms with E-state index < -0.39 is 57.6 Å². The molecule has 3 unspecified atom stereocenters. The van der Waals surface area contributed by atoms with Crippen LogP contribution in [-0.4, -0.2) is 64.9 Å². The molecule has 0 rings (SSSR count). The van der Waals surface area contributed by atoms with E-state index in [1.807, 2.05) is 0 Å². The molecule has 4 N–H and O–H groups in total. The molecular weight excluding hydrogens is 637 g/mol. The normalized spacial score (nSPS) is 14.4. The van der Waals surface area contributed by atoms with Crippen molar-refractivity contribution in [2.45, 2.75) is 154 Å². The molecule has 0 aliphatic rings. The highest BCUT2D eigenvalue weighted by Gasteiger charge is 2.28. The molecule has 0 aromatic rings. The average Bonchev–Trinajstić information content (AvgIpc) is 3.05. The van der Waals surface area contributed by atoms with Gasteiger partial charge in [0.1, 0.15) is 12.7 Å². The van der Waals surface area contributed by atoms with Crippen LogP contribution in [0.2, 0.25) is 0 Å². The highest BCUT2D eigenvalue weighted by atomic mass is 31.2. The number of phosphoric ester groups is 1. The molecule has 0 aliphatic heterocycles. The Kier molecular flexibility index (Phi) is 30.4. The van der Waals surface area contributed by atoms with Crippen LogP contribution in [0.1, 0.15) is 142 Å². The van der Waals surface area contributed by atoms with Crippen LogP contribution in [0.5, 0.6) is 0 Å². The van der Waals surface area contributed by atoms with E-state index in [-0.39, 0.29) is 12.8 Å². The maximum atomic E-state index is 12.2. The number of unbranched alkanes of at least 4 members (excludes halogenated alkanes) is 13. The molecule has 278 valence electrons. The molecule has 3 atom stereocenters. The standard InChI is InChI=1S/C36H64NO10P/c1-3-5-7-9-11-12-13-14-15-16-17-18-19-20-22-23-25-27-34(39)37-33(36(41)42)31-47-48(43,44)46-30-32(38)29-45-35(40)28-26-24-21-10-8-6-4-2/h5,7,11-12,14-15,32-33,38H,3-4,6,8-10,13,16-31H2,1-2H3,(H,37,39)(H,41,42)(H,43,44)/b7-5-,12-11-,15-14-. The summed E-state index contributed by atoms with van der Waals surface area (Å²) < 4.78 is 26.6. The smallest absolute Gasteiger partial charge is 0.472 e. The summed E-state index contributed by atoms with van der Waals surface area (Å²) in [5, 5.41) is 21.6. The lowest BCUT2D eigenvalue weighted by Gasteiger charge is -2.18. The van der Waals surface area contributed by atoms with Gasteiger partial charge in [-0.2, -0.15) is 0 Å². The highest BCUT2D eigenvalue weighted by Crippen LogP contribution is 2.43. The van der Waals surface area contributed by atoms with E-state index in [9.17, 15) is 34.1 Å². The third kappa shape index (κ3) is 31.0. The Morgan fingerprint density at radius 2 is 1.21 bits per heavy atom. The zero-order valence-corrected chi connectivity index (χ0v) is 30.4. The molecule has 0 fully saturated rings. The van der Waals surface area contributed by atoms with Gasteiger partial charge in [-0.1, -0.05) is 121 Å². The van der Waals surface area contributed by atoms with Gasteiger partial charge in [-0.25, -0.2) is 9.36 Å². The van der Waals surface area contributed by atoms with Gasteiger partial charge in [-0.3, -0.25) is 18.6 Å². The van der Waals surface area contributed by atoms with E-state index in [0.717, 1.165) is 83.5 Å². The number of carbonyl (C=O) groups excluding carboxylic acids is 2. The fraction of sp³-hybridized carbons (Fsp3) is 0.750. The van der Waals surface area contributed by atoms with Gasteiger partial charge in [0.05, 0.1) is 13.2 Å². The van der Waals surface area contributed by atoms with E-state index in [0.29, 0.717) is 12.8 Å². The van der Waals surface area contributed by atoms with Gasteiger partial charge >= 0.3 is 19.8 Å². The largest absolute Gasteiger partial charge is 0.480 e. The quantitative estimate of drug-likeness (QED) is 0.0227. The molecule has 0 heterocycles. The predicted octanol–water partition coefficient (Wildman–Crippen LogP) is 8.10. The lowest BCUT2D eigenvalue weighted by atomic mass is 10.1. The van der Waals surface area contributed by atoms with Crippen LogP contribution in [0, 0.1) is 0 Å². The number of hydrogen-bond acceptors (Lipinski definition) is 8. The summed E-state index contributed by atoms with van der Waals surface area (Å²) in [5.41, 5.74) is 0. The van der Waals surface area contributed by atoms with E-state index in [4.69, 9.17) is 13.8 Å². The second-order valence-corrected chi connectivity index (χ2v) is 13.5. The van der Waals surface area contributed by atoms with Crippen molar-refractivity contribution in [1.29, 1.82) is 0 Å². The van der Waals surface area contributed by atoms with Crippen molar-refractivity contribution in [2.75, 3.05) is 19.8 Å². The van der Waals surface area contributed by atoms with Gasteiger partial charge in [0.15, 0.2) is 6.04 Å². The average molecular weight is 702 g/mol. The van der Waals surface area contributed by atoms with Crippen LogP contribution in [-0.2, 0) is 32.7 Å². The Balaban J connectivity index is 4.00. The number of phosphoric acid groups is 1. The third-order valence-corrected chi connectivity index (χ3v) is 8.39. The predicted molar refractivity (Wildman–Crippen MR) is 189 cm³/mol. The summed E-state index contributed by atoms with van der Waals surface area (Å²) >= 11 is 0. The Hall–Kier alpha value is -2.30. The van der Waals surface area contributed by atoms with Crippen molar-refractivity contribution in [1.82, 2.24) is 5.32 Å². The van der Waals surface area contributed by atoms with Crippen molar-refractivity contribution in [3.8, 4) is 0 Å². The van der Waals surface area contributed by atoms with Crippen molar-refractivity contribution < 1.29 is 47.8 Å². The van der Waals surface area contributed by atoms with Crippen LogP contribution >= 0.6 is 7.82 Å². The maximum Gasteiger partial charge on any atom is 0.472 e. The van der Waals surface area contributed by atoms with Gasteiger partial charge in [-0.15, -0.1) is 0 Å². The monoisotopic (exact) mass is 701 g/mol. The lowest BCUT2D eigenvalue weighted by molar-refractivity contribution is -0.147. The minimum atomic E-state index is -4.74. The van der Waals surface area contributed by atoms with Gasteiger partial charge < -0.3 is 25.2 Å².